The summed E-state index contributed by atoms with van der Waals surface area (Å²) in [5, 5.41) is 7.11. The number of hydrogen-bond donors (Lipinski definition) is 1. The first-order valence-corrected chi connectivity index (χ1v) is 8.66. The number of nitrogens with zero attached hydrogens (tertiary/aromatic N) is 5. The third-order valence-electron chi connectivity index (χ3n) is 4.58. The van der Waals surface area contributed by atoms with Gasteiger partial charge in [0.15, 0.2) is 0 Å². The Morgan fingerprint density at radius 1 is 1.04 bits per heavy atom. The molecular weight excluding hydrogens is 328 g/mol. The smallest absolute Gasteiger partial charge is 0.271 e. The van der Waals surface area contributed by atoms with E-state index in [2.05, 4.69) is 25.1 Å². The highest BCUT2D eigenvalue weighted by atomic mass is 16.2. The topological polar surface area (TPSA) is 78.0 Å². The fourth-order valence-corrected chi connectivity index (χ4v) is 3.12. The third-order valence-corrected chi connectivity index (χ3v) is 4.58. The van der Waals surface area contributed by atoms with Crippen LogP contribution < -0.4 is 0 Å². The Hall–Kier alpha value is -3.06. The molecule has 132 valence electrons. The van der Waals surface area contributed by atoms with Crippen LogP contribution in [0.2, 0.25) is 0 Å². The number of aromatic nitrogens is 4. The zero-order valence-corrected chi connectivity index (χ0v) is 14.4. The molecule has 7 heteroatoms. The van der Waals surface area contributed by atoms with Crippen molar-refractivity contribution >= 4 is 5.91 Å². The van der Waals surface area contributed by atoms with Gasteiger partial charge in [-0.3, -0.25) is 24.8 Å². The van der Waals surface area contributed by atoms with E-state index < -0.39 is 0 Å². The number of pyridine rings is 2. The molecular formula is C19H20N6O. The van der Waals surface area contributed by atoms with E-state index in [1.807, 2.05) is 41.6 Å². The van der Waals surface area contributed by atoms with Crippen LogP contribution in [0, 0.1) is 0 Å². The highest BCUT2D eigenvalue weighted by Crippen LogP contribution is 2.17. The van der Waals surface area contributed by atoms with Crippen molar-refractivity contribution in [3.63, 3.8) is 0 Å². The average molecular weight is 348 g/mol. The first-order chi connectivity index (χ1) is 12.8. The summed E-state index contributed by atoms with van der Waals surface area (Å²) in [6.45, 7) is 4.03. The van der Waals surface area contributed by atoms with Gasteiger partial charge < -0.3 is 4.90 Å². The van der Waals surface area contributed by atoms with Crippen molar-refractivity contribution in [3.05, 3.63) is 66.4 Å². The van der Waals surface area contributed by atoms with Gasteiger partial charge in [0.2, 0.25) is 0 Å². The van der Waals surface area contributed by atoms with Gasteiger partial charge in [-0.1, -0.05) is 0 Å². The van der Waals surface area contributed by atoms with Crippen LogP contribution in [0.1, 0.15) is 16.1 Å². The Labute approximate surface area is 151 Å². The number of carbonyl (C=O) groups excluding carboxylic acids is 1. The van der Waals surface area contributed by atoms with Gasteiger partial charge in [0.1, 0.15) is 5.69 Å². The van der Waals surface area contributed by atoms with Crippen molar-refractivity contribution in [3.8, 4) is 11.3 Å². The number of nitrogens with one attached hydrogen (secondary N) is 1. The van der Waals surface area contributed by atoms with E-state index in [-0.39, 0.29) is 5.91 Å². The standard InChI is InChI=1S/C19H20N6O/c26-19(18-12-17(22-23-18)16-2-1-5-21-13-16)25-10-8-24(9-11-25)14-15-3-6-20-7-4-15/h1-7,12-13H,8-11,14H2,(H,22,23). The number of hydrogen-bond acceptors (Lipinski definition) is 5. The number of rotatable bonds is 4. The monoisotopic (exact) mass is 348 g/mol. The van der Waals surface area contributed by atoms with Crippen LogP contribution in [0.4, 0.5) is 0 Å². The van der Waals surface area contributed by atoms with Crippen LogP contribution >= 0.6 is 0 Å². The third kappa shape index (κ3) is 3.62. The van der Waals surface area contributed by atoms with Crippen molar-refractivity contribution in [2.75, 3.05) is 26.2 Å². The second-order valence-corrected chi connectivity index (χ2v) is 6.33. The second kappa shape index (κ2) is 7.45. The minimum atomic E-state index is -0.00352. The van der Waals surface area contributed by atoms with E-state index in [0.717, 1.165) is 30.9 Å². The minimum absolute atomic E-state index is 0.00352. The van der Waals surface area contributed by atoms with Crippen LogP contribution in [-0.2, 0) is 6.54 Å². The number of carbonyl (C=O) groups is 1. The lowest BCUT2D eigenvalue weighted by molar-refractivity contribution is 0.0622. The fraction of sp³-hybridized carbons (Fsp3) is 0.263. The highest BCUT2D eigenvalue weighted by Gasteiger charge is 2.23. The van der Waals surface area contributed by atoms with Crippen LogP contribution in [0.5, 0.6) is 0 Å². The molecule has 26 heavy (non-hydrogen) atoms. The maximum atomic E-state index is 12.7. The van der Waals surface area contributed by atoms with E-state index in [1.54, 1.807) is 18.5 Å². The summed E-state index contributed by atoms with van der Waals surface area (Å²) in [4.78, 5) is 25.1. The lowest BCUT2D eigenvalue weighted by atomic mass is 10.2. The van der Waals surface area contributed by atoms with Crippen molar-refractivity contribution in [1.29, 1.82) is 0 Å². The number of aromatic amines is 1. The molecule has 7 nitrogen and oxygen atoms in total. The van der Waals surface area contributed by atoms with Gasteiger partial charge in [-0.05, 0) is 35.9 Å². The molecule has 1 N–H and O–H groups in total. The molecule has 0 radical (unpaired) electrons. The molecule has 0 aliphatic carbocycles. The van der Waals surface area contributed by atoms with Crippen molar-refractivity contribution < 1.29 is 4.79 Å². The first kappa shape index (κ1) is 16.4. The molecule has 3 aromatic rings. The maximum Gasteiger partial charge on any atom is 0.271 e. The average Bonchev–Trinajstić information content (AvgIpc) is 3.20. The Morgan fingerprint density at radius 3 is 2.58 bits per heavy atom. The molecule has 0 atom stereocenters. The predicted octanol–water partition coefficient (Wildman–Crippen LogP) is 1.82. The van der Waals surface area contributed by atoms with Gasteiger partial charge in [-0.15, -0.1) is 0 Å². The van der Waals surface area contributed by atoms with Gasteiger partial charge in [0.05, 0.1) is 5.69 Å². The van der Waals surface area contributed by atoms with Crippen LogP contribution in [-0.4, -0.2) is 62.1 Å². The normalized spacial score (nSPS) is 15.2. The van der Waals surface area contributed by atoms with Gasteiger partial charge in [0, 0.05) is 63.1 Å². The Kier molecular flexibility index (Phi) is 4.70. The predicted molar refractivity (Wildman–Crippen MR) is 97.2 cm³/mol. The molecule has 1 aliphatic heterocycles. The van der Waals surface area contributed by atoms with Gasteiger partial charge in [0.25, 0.3) is 5.91 Å². The zero-order chi connectivity index (χ0) is 17.8. The van der Waals surface area contributed by atoms with Crippen molar-refractivity contribution in [1.82, 2.24) is 30.0 Å². The summed E-state index contributed by atoms with van der Waals surface area (Å²) in [5.41, 5.74) is 3.39. The molecule has 1 aliphatic rings. The molecule has 0 spiro atoms. The molecule has 0 unspecified atom stereocenters. The molecule has 1 saturated heterocycles. The molecule has 3 aromatic heterocycles. The zero-order valence-electron chi connectivity index (χ0n) is 14.4. The van der Waals surface area contributed by atoms with E-state index in [1.165, 1.54) is 5.56 Å². The first-order valence-electron chi connectivity index (χ1n) is 8.66. The van der Waals surface area contributed by atoms with Gasteiger partial charge >= 0.3 is 0 Å². The van der Waals surface area contributed by atoms with E-state index in [0.29, 0.717) is 18.8 Å². The Bertz CT molecular complexity index is 856. The van der Waals surface area contributed by atoms with Gasteiger partial charge in [-0.25, -0.2) is 0 Å². The Balaban J connectivity index is 1.36. The van der Waals surface area contributed by atoms with E-state index >= 15 is 0 Å². The molecule has 0 saturated carbocycles. The highest BCUT2D eigenvalue weighted by molar-refractivity contribution is 5.93. The summed E-state index contributed by atoms with van der Waals surface area (Å²) in [5.74, 6) is -0.00352. The second-order valence-electron chi connectivity index (χ2n) is 6.33. The van der Waals surface area contributed by atoms with Crippen molar-refractivity contribution in [2.45, 2.75) is 6.54 Å². The fourth-order valence-electron chi connectivity index (χ4n) is 3.12. The quantitative estimate of drug-likeness (QED) is 0.778. The number of amides is 1. The number of H-pyrrole nitrogens is 1. The molecule has 4 heterocycles. The summed E-state index contributed by atoms with van der Waals surface area (Å²) < 4.78 is 0. The summed E-state index contributed by atoms with van der Waals surface area (Å²) >= 11 is 0. The molecule has 4 rings (SSSR count). The molecule has 0 bridgehead atoms. The molecule has 1 fully saturated rings. The molecule has 0 aromatic carbocycles. The summed E-state index contributed by atoms with van der Waals surface area (Å²) in [6.07, 6.45) is 7.08. The van der Waals surface area contributed by atoms with Crippen LogP contribution in [0.3, 0.4) is 0 Å². The van der Waals surface area contributed by atoms with E-state index in [4.69, 9.17) is 0 Å². The SMILES string of the molecule is O=C(c1cc(-c2cccnc2)n[nH]1)N1CCN(Cc2ccncc2)CC1. The summed E-state index contributed by atoms with van der Waals surface area (Å²) in [6, 6.07) is 9.63. The van der Waals surface area contributed by atoms with Crippen LogP contribution in [0.25, 0.3) is 11.3 Å². The molecule has 1 amide bonds. The van der Waals surface area contributed by atoms with Crippen molar-refractivity contribution in [2.24, 2.45) is 0 Å². The van der Waals surface area contributed by atoms with Gasteiger partial charge in [-0.2, -0.15) is 5.10 Å². The lowest BCUT2D eigenvalue weighted by Gasteiger charge is -2.34. The summed E-state index contributed by atoms with van der Waals surface area (Å²) in [7, 11) is 0. The van der Waals surface area contributed by atoms with E-state index in [9.17, 15) is 4.79 Å². The lowest BCUT2D eigenvalue weighted by Crippen LogP contribution is -2.48. The Morgan fingerprint density at radius 2 is 1.85 bits per heavy atom. The minimum Gasteiger partial charge on any atom is -0.335 e. The largest absolute Gasteiger partial charge is 0.335 e. The maximum absolute atomic E-state index is 12.7. The van der Waals surface area contributed by atoms with Crippen LogP contribution in [0.15, 0.2) is 55.1 Å². The number of piperazine rings is 1.